The topological polar surface area (TPSA) is 72.2 Å². The highest BCUT2D eigenvalue weighted by molar-refractivity contribution is 7.14. The quantitative estimate of drug-likeness (QED) is 0.636. The van der Waals surface area contributed by atoms with Crippen LogP contribution >= 0.6 is 11.3 Å². The van der Waals surface area contributed by atoms with Gasteiger partial charge in [0.25, 0.3) is 5.69 Å². The Bertz CT molecular complexity index is 636. The second-order valence-corrected chi connectivity index (χ2v) is 5.61. The molecule has 0 aliphatic carbocycles. The Hall–Kier alpha value is -2.02. The van der Waals surface area contributed by atoms with Crippen molar-refractivity contribution in [2.75, 3.05) is 18.0 Å². The van der Waals surface area contributed by atoms with Crippen molar-refractivity contribution in [1.29, 1.82) is 0 Å². The summed E-state index contributed by atoms with van der Waals surface area (Å²) in [6.45, 7) is 3.85. The van der Waals surface area contributed by atoms with Gasteiger partial charge in [-0.2, -0.15) is 0 Å². The Morgan fingerprint density at radius 3 is 2.68 bits per heavy atom. The normalized spacial score (nSPS) is 14.3. The maximum atomic E-state index is 11.1. The molecule has 2 aromatic rings. The van der Waals surface area contributed by atoms with Crippen LogP contribution in [0.2, 0.25) is 0 Å². The average molecular weight is 276 g/mol. The fraction of sp³-hybridized carbons (Fsp3) is 0.333. The molecule has 0 radical (unpaired) electrons. The lowest BCUT2D eigenvalue weighted by atomic mass is 10.1. The molecule has 1 fully saturated rings. The number of nitro groups is 1. The van der Waals surface area contributed by atoms with Crippen molar-refractivity contribution in [1.82, 2.24) is 10.2 Å². The van der Waals surface area contributed by atoms with Crippen molar-refractivity contribution in [3.63, 3.8) is 0 Å². The zero-order valence-corrected chi connectivity index (χ0v) is 11.2. The predicted octanol–water partition coefficient (Wildman–Crippen LogP) is 2.63. The van der Waals surface area contributed by atoms with Crippen LogP contribution in [0.15, 0.2) is 18.2 Å². The van der Waals surface area contributed by atoms with E-state index in [1.54, 1.807) is 12.1 Å². The third-order valence-corrected chi connectivity index (χ3v) is 4.03. The number of nitro benzene ring substituents is 1. The van der Waals surface area contributed by atoms with Crippen molar-refractivity contribution < 1.29 is 4.92 Å². The zero-order chi connectivity index (χ0) is 13.4. The molecule has 0 saturated carbocycles. The predicted molar refractivity (Wildman–Crippen MR) is 73.6 cm³/mol. The van der Waals surface area contributed by atoms with Gasteiger partial charge in [-0.3, -0.25) is 10.1 Å². The maximum absolute atomic E-state index is 11.1. The van der Waals surface area contributed by atoms with Crippen LogP contribution in [0.3, 0.4) is 0 Å². The zero-order valence-electron chi connectivity index (χ0n) is 10.4. The fourth-order valence-corrected chi connectivity index (χ4v) is 2.75. The first-order valence-electron chi connectivity index (χ1n) is 5.99. The molecule has 3 rings (SSSR count). The van der Waals surface area contributed by atoms with Crippen molar-refractivity contribution in [3.05, 3.63) is 33.3 Å². The van der Waals surface area contributed by atoms with Gasteiger partial charge in [0, 0.05) is 24.8 Å². The van der Waals surface area contributed by atoms with E-state index < -0.39 is 0 Å². The van der Waals surface area contributed by atoms with Gasteiger partial charge in [-0.15, -0.1) is 10.2 Å². The number of aromatic nitrogens is 2. The number of aryl methyl sites for hydroxylation is 1. The lowest BCUT2D eigenvalue weighted by Crippen LogP contribution is -2.36. The molecule has 98 valence electrons. The number of nitrogens with zero attached hydrogens (tertiary/aromatic N) is 4. The van der Waals surface area contributed by atoms with Crippen molar-refractivity contribution in [3.8, 4) is 10.6 Å². The van der Waals surface area contributed by atoms with Crippen molar-refractivity contribution in [2.45, 2.75) is 13.3 Å². The minimum atomic E-state index is -0.369. The minimum absolute atomic E-state index is 0.0837. The van der Waals surface area contributed by atoms with Gasteiger partial charge in [0.15, 0.2) is 5.01 Å². The molecule has 1 aromatic carbocycles. The molecule has 0 atom stereocenters. The van der Waals surface area contributed by atoms with Crippen molar-refractivity contribution in [2.24, 2.45) is 0 Å². The molecule has 1 aliphatic heterocycles. The number of hydrogen-bond donors (Lipinski definition) is 0. The molecule has 0 bridgehead atoms. The van der Waals surface area contributed by atoms with Crippen LogP contribution in [0.4, 0.5) is 11.4 Å². The highest BCUT2D eigenvalue weighted by Crippen LogP contribution is 2.35. The summed E-state index contributed by atoms with van der Waals surface area (Å²) in [5, 5.41) is 20.5. The highest BCUT2D eigenvalue weighted by atomic mass is 32.1. The van der Waals surface area contributed by atoms with Crippen molar-refractivity contribution >= 4 is 22.7 Å². The smallest absolute Gasteiger partial charge is 0.279 e. The van der Waals surface area contributed by atoms with E-state index in [0.29, 0.717) is 10.6 Å². The Kier molecular flexibility index (Phi) is 2.90. The summed E-state index contributed by atoms with van der Waals surface area (Å²) in [6, 6.07) is 5.20. The molecule has 1 aromatic heterocycles. The Balaban J connectivity index is 2.09. The van der Waals surface area contributed by atoms with Gasteiger partial charge >= 0.3 is 0 Å². The van der Waals surface area contributed by atoms with Crippen LogP contribution in [-0.2, 0) is 0 Å². The molecule has 1 aliphatic rings. The van der Waals surface area contributed by atoms with Crippen LogP contribution in [0.5, 0.6) is 0 Å². The summed E-state index contributed by atoms with van der Waals surface area (Å²) in [5.74, 6) is 0. The average Bonchev–Trinajstić information content (AvgIpc) is 2.73. The molecule has 6 nitrogen and oxygen atoms in total. The summed E-state index contributed by atoms with van der Waals surface area (Å²) in [7, 11) is 0. The Morgan fingerprint density at radius 2 is 2.16 bits per heavy atom. The number of rotatable bonds is 3. The molecule has 0 N–H and O–H groups in total. The van der Waals surface area contributed by atoms with E-state index in [2.05, 4.69) is 15.1 Å². The number of hydrogen-bond acceptors (Lipinski definition) is 6. The van der Waals surface area contributed by atoms with Crippen LogP contribution in [0, 0.1) is 17.0 Å². The Morgan fingerprint density at radius 1 is 1.37 bits per heavy atom. The first-order chi connectivity index (χ1) is 9.15. The summed E-state index contributed by atoms with van der Waals surface area (Å²) < 4.78 is 0. The number of anilines is 1. The highest BCUT2D eigenvalue weighted by Gasteiger charge is 2.22. The lowest BCUT2D eigenvalue weighted by Gasteiger charge is -2.33. The first-order valence-corrected chi connectivity index (χ1v) is 6.80. The van der Waals surface area contributed by atoms with Crippen LogP contribution < -0.4 is 4.90 Å². The summed E-state index contributed by atoms with van der Waals surface area (Å²) >= 11 is 1.37. The second kappa shape index (κ2) is 4.58. The van der Waals surface area contributed by atoms with E-state index in [-0.39, 0.29) is 10.6 Å². The van der Waals surface area contributed by atoms with Crippen LogP contribution in [-0.4, -0.2) is 28.2 Å². The van der Waals surface area contributed by atoms with E-state index >= 15 is 0 Å². The largest absolute Gasteiger partial charge is 0.371 e. The molecule has 0 amide bonds. The van der Waals surface area contributed by atoms with E-state index in [4.69, 9.17) is 0 Å². The van der Waals surface area contributed by atoms with Gasteiger partial charge < -0.3 is 4.90 Å². The van der Waals surface area contributed by atoms with E-state index in [0.717, 1.165) is 23.8 Å². The standard InChI is InChI=1S/C12H12N4O2S/c1-8-13-14-12(19-8)10-7-9(15-5-2-6-15)3-4-11(10)16(17)18/h3-4,7H,2,5-6H2,1H3. The van der Waals surface area contributed by atoms with Gasteiger partial charge in [0.05, 0.1) is 10.5 Å². The van der Waals surface area contributed by atoms with E-state index in [1.807, 2.05) is 13.0 Å². The summed E-state index contributed by atoms with van der Waals surface area (Å²) in [5.41, 5.74) is 1.65. The lowest BCUT2D eigenvalue weighted by molar-refractivity contribution is -0.384. The molecule has 19 heavy (non-hydrogen) atoms. The molecule has 2 heterocycles. The van der Waals surface area contributed by atoms with Gasteiger partial charge in [-0.25, -0.2) is 0 Å². The monoisotopic (exact) mass is 276 g/mol. The van der Waals surface area contributed by atoms with Gasteiger partial charge in [-0.1, -0.05) is 11.3 Å². The minimum Gasteiger partial charge on any atom is -0.371 e. The molecule has 0 unspecified atom stereocenters. The second-order valence-electron chi connectivity index (χ2n) is 4.43. The number of benzene rings is 1. The van der Waals surface area contributed by atoms with Gasteiger partial charge in [-0.05, 0) is 25.5 Å². The fourth-order valence-electron chi connectivity index (χ4n) is 2.03. The first kappa shape index (κ1) is 12.0. The summed E-state index contributed by atoms with van der Waals surface area (Å²) in [4.78, 5) is 12.9. The molecular formula is C12H12N4O2S. The van der Waals surface area contributed by atoms with Crippen LogP contribution in [0.1, 0.15) is 11.4 Å². The van der Waals surface area contributed by atoms with Gasteiger partial charge in [0.2, 0.25) is 0 Å². The third kappa shape index (κ3) is 2.17. The molecule has 0 spiro atoms. The summed E-state index contributed by atoms with van der Waals surface area (Å²) in [6.07, 6.45) is 1.17. The van der Waals surface area contributed by atoms with Gasteiger partial charge in [0.1, 0.15) is 5.01 Å². The molecule has 1 saturated heterocycles. The van der Waals surface area contributed by atoms with E-state index in [1.165, 1.54) is 17.8 Å². The van der Waals surface area contributed by atoms with Crippen LogP contribution in [0.25, 0.3) is 10.6 Å². The molecular weight excluding hydrogens is 264 g/mol. The SMILES string of the molecule is Cc1nnc(-c2cc(N3CCC3)ccc2[N+](=O)[O-])s1. The maximum Gasteiger partial charge on any atom is 0.279 e. The molecule has 7 heteroatoms. The van der Waals surface area contributed by atoms with E-state index in [9.17, 15) is 10.1 Å². The third-order valence-electron chi connectivity index (χ3n) is 3.15. The Labute approximate surface area is 113 Å².